The fraction of sp³-hybridized carbons (Fsp3) is 0.217. The third-order valence-electron chi connectivity index (χ3n) is 4.93. The van der Waals surface area contributed by atoms with Crippen LogP contribution in [0.5, 0.6) is 0 Å². The summed E-state index contributed by atoms with van der Waals surface area (Å²) >= 11 is 3.12. The first-order chi connectivity index (χ1) is 15.1. The molecule has 2 aromatic carbocycles. The maximum absolute atomic E-state index is 13.0. The van der Waals surface area contributed by atoms with E-state index in [1.54, 1.807) is 36.3 Å². The second-order valence-corrected chi connectivity index (χ2v) is 9.01. The smallest absolute Gasteiger partial charge is 0.251 e. The molecule has 8 heteroatoms. The molecule has 0 unspecified atom stereocenters. The van der Waals surface area contributed by atoms with Crippen LogP contribution in [0.2, 0.25) is 0 Å². The minimum absolute atomic E-state index is 0.0287. The normalized spacial score (nSPS) is 12.0. The Morgan fingerprint density at radius 1 is 1.19 bits per heavy atom. The van der Waals surface area contributed by atoms with Crippen molar-refractivity contribution in [3.8, 4) is 11.3 Å². The number of rotatable bonds is 9. The third-order valence-corrected chi connectivity index (χ3v) is 6.43. The summed E-state index contributed by atoms with van der Waals surface area (Å²) in [6.07, 6.45) is 4.36. The van der Waals surface area contributed by atoms with Gasteiger partial charge in [0, 0.05) is 16.5 Å². The Bertz CT molecular complexity index is 1190. The number of ketones is 1. The molecular formula is C23H22N4O2S2. The summed E-state index contributed by atoms with van der Waals surface area (Å²) in [4.78, 5) is 37.6. The number of aromatic nitrogens is 3. The number of thiazole rings is 1. The molecule has 0 spiro atoms. The van der Waals surface area contributed by atoms with Gasteiger partial charge in [0.05, 0.1) is 35.5 Å². The molecule has 0 saturated heterocycles. The number of thioether (sulfide) groups is 1. The number of carbonyl (C=O) groups excluding carboxylic acids is 2. The van der Waals surface area contributed by atoms with Gasteiger partial charge < -0.3 is 10.3 Å². The standard InChI is InChI=1S/C23H22N4O2S2/c1-30-10-9-18(27-23(29)16-7-8-17-19(11-16)25-14-24-17)21(28)12-22-26-20(13-31-22)15-5-3-2-4-6-15/h2-8,11,13-14,18H,9-10,12H2,1H3,(H,24,25)(H,27,29)/t18-/m0/s1. The first kappa shape index (κ1) is 21.3. The van der Waals surface area contributed by atoms with Crippen LogP contribution in [0.4, 0.5) is 0 Å². The predicted molar refractivity (Wildman–Crippen MR) is 127 cm³/mol. The van der Waals surface area contributed by atoms with E-state index in [1.165, 1.54) is 11.3 Å². The van der Waals surface area contributed by atoms with E-state index in [-0.39, 0.29) is 18.1 Å². The van der Waals surface area contributed by atoms with E-state index in [9.17, 15) is 9.59 Å². The van der Waals surface area contributed by atoms with Crippen LogP contribution in [0.1, 0.15) is 21.8 Å². The van der Waals surface area contributed by atoms with Crippen LogP contribution in [0.15, 0.2) is 60.2 Å². The number of nitrogens with one attached hydrogen (secondary N) is 2. The Hall–Kier alpha value is -2.97. The summed E-state index contributed by atoms with van der Waals surface area (Å²) in [5, 5.41) is 5.65. The SMILES string of the molecule is CSCC[C@H](NC(=O)c1ccc2nc[nH]c2c1)C(=O)Cc1nc(-c2ccccc2)cs1. The Morgan fingerprint density at radius 2 is 2.03 bits per heavy atom. The summed E-state index contributed by atoms with van der Waals surface area (Å²) in [5.74, 6) is 0.489. The van der Waals surface area contributed by atoms with Crippen molar-refractivity contribution < 1.29 is 9.59 Å². The van der Waals surface area contributed by atoms with Crippen molar-refractivity contribution in [2.75, 3.05) is 12.0 Å². The average Bonchev–Trinajstić information content (AvgIpc) is 3.46. The number of H-pyrrole nitrogens is 1. The molecule has 1 amide bonds. The molecule has 2 heterocycles. The van der Waals surface area contributed by atoms with Crippen molar-refractivity contribution in [2.24, 2.45) is 0 Å². The van der Waals surface area contributed by atoms with Crippen molar-refractivity contribution >= 4 is 45.8 Å². The molecule has 6 nitrogen and oxygen atoms in total. The minimum atomic E-state index is -0.554. The van der Waals surface area contributed by atoms with Gasteiger partial charge in [0.25, 0.3) is 5.91 Å². The number of carbonyl (C=O) groups is 2. The van der Waals surface area contributed by atoms with Gasteiger partial charge in [-0.05, 0) is 36.6 Å². The van der Waals surface area contributed by atoms with Crippen LogP contribution in [-0.4, -0.2) is 44.7 Å². The molecule has 0 radical (unpaired) electrons. The van der Waals surface area contributed by atoms with Gasteiger partial charge in [-0.25, -0.2) is 9.97 Å². The van der Waals surface area contributed by atoms with E-state index in [2.05, 4.69) is 20.3 Å². The molecule has 0 bridgehead atoms. The summed E-state index contributed by atoms with van der Waals surface area (Å²) in [6.45, 7) is 0. The number of imidazole rings is 1. The topological polar surface area (TPSA) is 87.7 Å². The molecule has 1 atom stereocenters. The van der Waals surface area contributed by atoms with Crippen LogP contribution in [0.3, 0.4) is 0 Å². The van der Waals surface area contributed by atoms with Crippen LogP contribution >= 0.6 is 23.1 Å². The highest BCUT2D eigenvalue weighted by Crippen LogP contribution is 2.22. The maximum atomic E-state index is 13.0. The van der Waals surface area contributed by atoms with E-state index in [0.29, 0.717) is 12.0 Å². The summed E-state index contributed by atoms with van der Waals surface area (Å²) in [7, 11) is 0. The molecular weight excluding hydrogens is 428 g/mol. The first-order valence-electron chi connectivity index (χ1n) is 9.89. The van der Waals surface area contributed by atoms with Gasteiger partial charge in [-0.2, -0.15) is 11.8 Å². The van der Waals surface area contributed by atoms with Crippen molar-refractivity contribution in [3.05, 3.63) is 70.8 Å². The van der Waals surface area contributed by atoms with Crippen molar-refractivity contribution in [1.29, 1.82) is 0 Å². The largest absolute Gasteiger partial charge is 0.345 e. The molecule has 2 aromatic heterocycles. The van der Waals surface area contributed by atoms with E-state index in [4.69, 9.17) is 0 Å². The quantitative estimate of drug-likeness (QED) is 0.396. The number of nitrogens with zero attached hydrogens (tertiary/aromatic N) is 2. The number of Topliss-reactive ketones (excluding diaryl/α,β-unsaturated/α-hetero) is 1. The molecule has 0 aliphatic carbocycles. The maximum Gasteiger partial charge on any atom is 0.251 e. The number of aromatic amines is 1. The van der Waals surface area contributed by atoms with Gasteiger partial charge in [-0.1, -0.05) is 30.3 Å². The fourth-order valence-corrected chi connectivity index (χ4v) is 4.56. The lowest BCUT2D eigenvalue weighted by atomic mass is 10.1. The van der Waals surface area contributed by atoms with E-state index < -0.39 is 6.04 Å². The van der Waals surface area contributed by atoms with Gasteiger partial charge >= 0.3 is 0 Å². The van der Waals surface area contributed by atoms with Crippen LogP contribution < -0.4 is 5.32 Å². The summed E-state index contributed by atoms with van der Waals surface area (Å²) in [6, 6.07) is 14.6. The second-order valence-electron chi connectivity index (χ2n) is 7.08. The molecule has 0 fully saturated rings. The average molecular weight is 451 g/mol. The second kappa shape index (κ2) is 9.89. The van der Waals surface area contributed by atoms with Crippen LogP contribution in [-0.2, 0) is 11.2 Å². The van der Waals surface area contributed by atoms with Crippen molar-refractivity contribution in [3.63, 3.8) is 0 Å². The lowest BCUT2D eigenvalue weighted by Gasteiger charge is -2.17. The monoisotopic (exact) mass is 450 g/mol. The molecule has 4 rings (SSSR count). The molecule has 0 aliphatic rings. The number of hydrogen-bond acceptors (Lipinski definition) is 6. The highest BCUT2D eigenvalue weighted by Gasteiger charge is 2.22. The predicted octanol–water partition coefficient (Wildman–Crippen LogP) is 4.35. The Balaban J connectivity index is 1.46. The highest BCUT2D eigenvalue weighted by atomic mass is 32.2. The molecule has 158 valence electrons. The van der Waals surface area contributed by atoms with Gasteiger partial charge in [-0.3, -0.25) is 9.59 Å². The lowest BCUT2D eigenvalue weighted by Crippen LogP contribution is -2.42. The lowest BCUT2D eigenvalue weighted by molar-refractivity contribution is -0.120. The van der Waals surface area contributed by atoms with Gasteiger partial charge in [0.1, 0.15) is 5.01 Å². The third kappa shape index (κ3) is 5.21. The Kier molecular flexibility index (Phi) is 6.79. The Labute approximate surface area is 188 Å². The van der Waals surface area contributed by atoms with Gasteiger partial charge in [0.2, 0.25) is 0 Å². The zero-order chi connectivity index (χ0) is 21.6. The van der Waals surface area contributed by atoms with Crippen LogP contribution in [0.25, 0.3) is 22.3 Å². The molecule has 2 N–H and O–H groups in total. The fourth-order valence-electron chi connectivity index (χ4n) is 3.27. The molecule has 0 aliphatic heterocycles. The van der Waals surface area contributed by atoms with Crippen LogP contribution in [0, 0.1) is 0 Å². The Morgan fingerprint density at radius 3 is 2.84 bits per heavy atom. The number of amides is 1. The zero-order valence-electron chi connectivity index (χ0n) is 17.0. The number of hydrogen-bond donors (Lipinski definition) is 2. The number of benzene rings is 2. The number of fused-ring (bicyclic) bond motifs is 1. The zero-order valence-corrected chi connectivity index (χ0v) is 18.6. The van der Waals surface area contributed by atoms with Gasteiger partial charge in [0.15, 0.2) is 5.78 Å². The summed E-state index contributed by atoms with van der Waals surface area (Å²) < 4.78 is 0. The highest BCUT2D eigenvalue weighted by molar-refractivity contribution is 7.98. The van der Waals surface area contributed by atoms with Crippen molar-refractivity contribution in [2.45, 2.75) is 18.9 Å². The van der Waals surface area contributed by atoms with E-state index in [0.717, 1.165) is 33.1 Å². The molecule has 4 aromatic rings. The van der Waals surface area contributed by atoms with Crippen molar-refractivity contribution in [1.82, 2.24) is 20.3 Å². The molecule has 31 heavy (non-hydrogen) atoms. The minimum Gasteiger partial charge on any atom is -0.345 e. The van der Waals surface area contributed by atoms with Gasteiger partial charge in [-0.15, -0.1) is 11.3 Å². The summed E-state index contributed by atoms with van der Waals surface area (Å²) in [5.41, 5.74) is 3.98. The van der Waals surface area contributed by atoms with E-state index >= 15 is 0 Å². The van der Waals surface area contributed by atoms with E-state index in [1.807, 2.05) is 42.0 Å². The molecule has 0 saturated carbocycles. The first-order valence-corrected chi connectivity index (χ1v) is 12.2.